The van der Waals surface area contributed by atoms with Gasteiger partial charge in [0.15, 0.2) is 0 Å². The average molecular weight is 276 g/mol. The number of hydrogen-bond donors (Lipinski definition) is 2. The van der Waals surface area contributed by atoms with E-state index in [1.165, 1.54) is 6.07 Å². The molecule has 0 bridgehead atoms. The van der Waals surface area contributed by atoms with Gasteiger partial charge in [-0.3, -0.25) is 19.8 Å². The fourth-order valence-corrected chi connectivity index (χ4v) is 2.37. The van der Waals surface area contributed by atoms with Crippen LogP contribution in [0.15, 0.2) is 24.3 Å². The predicted octanol–water partition coefficient (Wildman–Crippen LogP) is 0.622. The zero-order valence-electron chi connectivity index (χ0n) is 11.1. The molecule has 1 aromatic rings. The minimum absolute atomic E-state index is 0.140. The fourth-order valence-electron chi connectivity index (χ4n) is 2.37. The van der Waals surface area contributed by atoms with Crippen molar-refractivity contribution in [2.75, 3.05) is 6.54 Å². The number of aromatic carboxylic acids is 1. The summed E-state index contributed by atoms with van der Waals surface area (Å²) in [6.07, 6.45) is 0.595. The first-order valence-electron chi connectivity index (χ1n) is 6.41. The van der Waals surface area contributed by atoms with Crippen LogP contribution in [0.1, 0.15) is 29.3 Å². The van der Waals surface area contributed by atoms with Gasteiger partial charge in [-0.25, -0.2) is 4.79 Å². The molecule has 6 nitrogen and oxygen atoms in total. The molecule has 1 fully saturated rings. The van der Waals surface area contributed by atoms with Gasteiger partial charge in [-0.1, -0.05) is 19.1 Å². The molecular weight excluding hydrogens is 260 g/mol. The van der Waals surface area contributed by atoms with Gasteiger partial charge in [-0.15, -0.1) is 0 Å². The Kier molecular flexibility index (Phi) is 4.14. The van der Waals surface area contributed by atoms with E-state index in [1.807, 2.05) is 6.92 Å². The van der Waals surface area contributed by atoms with Crippen molar-refractivity contribution in [1.29, 1.82) is 0 Å². The summed E-state index contributed by atoms with van der Waals surface area (Å²) in [6.45, 7) is 2.39. The highest BCUT2D eigenvalue weighted by molar-refractivity contribution is 6.01. The largest absolute Gasteiger partial charge is 0.478 e. The smallest absolute Gasteiger partial charge is 0.335 e. The van der Waals surface area contributed by atoms with Gasteiger partial charge >= 0.3 is 5.97 Å². The lowest BCUT2D eigenvalue weighted by atomic mass is 10.1. The average Bonchev–Trinajstić information content (AvgIpc) is 2.38. The Bertz CT molecular complexity index is 556. The quantitative estimate of drug-likeness (QED) is 0.787. The molecule has 106 valence electrons. The number of rotatable bonds is 4. The Balaban J connectivity index is 2.18. The summed E-state index contributed by atoms with van der Waals surface area (Å²) in [5, 5.41) is 11.3. The number of carbonyl (C=O) groups excluding carboxylic acids is 2. The van der Waals surface area contributed by atoms with Crippen molar-refractivity contribution < 1.29 is 19.5 Å². The molecule has 0 aliphatic carbocycles. The molecule has 0 saturated carbocycles. The summed E-state index contributed by atoms with van der Waals surface area (Å²) in [7, 11) is 0. The van der Waals surface area contributed by atoms with Crippen molar-refractivity contribution in [2.45, 2.75) is 25.9 Å². The molecule has 2 N–H and O–H groups in total. The summed E-state index contributed by atoms with van der Waals surface area (Å²) < 4.78 is 0. The lowest BCUT2D eigenvalue weighted by Gasteiger charge is -2.33. The van der Waals surface area contributed by atoms with E-state index in [1.54, 1.807) is 23.1 Å². The van der Waals surface area contributed by atoms with E-state index in [4.69, 9.17) is 5.11 Å². The molecule has 2 rings (SSSR count). The molecule has 1 saturated heterocycles. The number of benzene rings is 1. The number of imide groups is 1. The number of carboxylic acids is 1. The lowest BCUT2D eigenvalue weighted by Crippen LogP contribution is -2.57. The second kappa shape index (κ2) is 5.83. The van der Waals surface area contributed by atoms with Gasteiger partial charge in [-0.05, 0) is 24.1 Å². The number of carbonyl (C=O) groups is 3. The van der Waals surface area contributed by atoms with Crippen LogP contribution in [0.4, 0.5) is 0 Å². The lowest BCUT2D eigenvalue weighted by molar-refractivity contribution is -0.140. The van der Waals surface area contributed by atoms with Gasteiger partial charge < -0.3 is 5.11 Å². The number of hydrogen-bond acceptors (Lipinski definition) is 4. The van der Waals surface area contributed by atoms with Crippen LogP contribution in [0.25, 0.3) is 0 Å². The summed E-state index contributed by atoms with van der Waals surface area (Å²) in [5.41, 5.74) is 0.967. The Morgan fingerprint density at radius 3 is 2.85 bits per heavy atom. The standard InChI is InChI=1S/C14H16N2O4/c1-2-11-13(18)15-12(17)8-16(11)7-9-4-3-5-10(6-9)14(19)20/h3-6,11H,2,7-8H2,1H3,(H,19,20)(H,15,17,18). The third kappa shape index (κ3) is 3.03. The molecule has 20 heavy (non-hydrogen) atoms. The first kappa shape index (κ1) is 14.2. The van der Waals surface area contributed by atoms with Gasteiger partial charge in [0.25, 0.3) is 0 Å². The van der Waals surface area contributed by atoms with Crippen LogP contribution in [-0.2, 0) is 16.1 Å². The van der Waals surface area contributed by atoms with E-state index in [-0.39, 0.29) is 30.0 Å². The Morgan fingerprint density at radius 2 is 2.20 bits per heavy atom. The number of carboxylic acid groups (broad SMARTS) is 1. The summed E-state index contributed by atoms with van der Waals surface area (Å²) in [4.78, 5) is 35.9. The number of nitrogens with zero attached hydrogens (tertiary/aromatic N) is 1. The normalized spacial score (nSPS) is 19.8. The Hall–Kier alpha value is -2.21. The topological polar surface area (TPSA) is 86.7 Å². The van der Waals surface area contributed by atoms with Gasteiger partial charge in [0.1, 0.15) is 0 Å². The highest BCUT2D eigenvalue weighted by Crippen LogP contribution is 2.15. The van der Waals surface area contributed by atoms with E-state index in [0.29, 0.717) is 13.0 Å². The van der Waals surface area contributed by atoms with Crippen molar-refractivity contribution in [3.05, 3.63) is 35.4 Å². The summed E-state index contributed by atoms with van der Waals surface area (Å²) >= 11 is 0. The van der Waals surface area contributed by atoms with E-state index in [0.717, 1.165) is 5.56 Å². The monoisotopic (exact) mass is 276 g/mol. The minimum atomic E-state index is -0.994. The van der Waals surface area contributed by atoms with E-state index < -0.39 is 5.97 Å². The highest BCUT2D eigenvalue weighted by Gasteiger charge is 2.32. The number of piperazine rings is 1. The molecule has 6 heteroatoms. The third-order valence-corrected chi connectivity index (χ3v) is 3.30. The van der Waals surface area contributed by atoms with Gasteiger partial charge in [-0.2, -0.15) is 0 Å². The summed E-state index contributed by atoms with van der Waals surface area (Å²) in [6, 6.07) is 6.16. The molecule has 1 aromatic carbocycles. The summed E-state index contributed by atoms with van der Waals surface area (Å²) in [5.74, 6) is -1.61. The van der Waals surface area contributed by atoms with E-state index in [2.05, 4.69) is 5.32 Å². The van der Waals surface area contributed by atoms with Crippen molar-refractivity contribution >= 4 is 17.8 Å². The van der Waals surface area contributed by atoms with Crippen molar-refractivity contribution in [3.8, 4) is 0 Å². The molecule has 0 radical (unpaired) electrons. The van der Waals surface area contributed by atoms with Crippen molar-refractivity contribution in [2.24, 2.45) is 0 Å². The number of amides is 2. The maximum Gasteiger partial charge on any atom is 0.335 e. The zero-order chi connectivity index (χ0) is 14.7. The molecule has 1 aliphatic rings. The second-order valence-corrected chi connectivity index (χ2v) is 4.75. The molecule has 0 aromatic heterocycles. The third-order valence-electron chi connectivity index (χ3n) is 3.30. The van der Waals surface area contributed by atoms with Crippen LogP contribution in [0.5, 0.6) is 0 Å². The van der Waals surface area contributed by atoms with Gasteiger partial charge in [0.2, 0.25) is 11.8 Å². The van der Waals surface area contributed by atoms with Crippen molar-refractivity contribution in [1.82, 2.24) is 10.2 Å². The van der Waals surface area contributed by atoms with Crippen molar-refractivity contribution in [3.63, 3.8) is 0 Å². The predicted molar refractivity (Wildman–Crippen MR) is 71.0 cm³/mol. The Labute approximate surface area is 116 Å². The highest BCUT2D eigenvalue weighted by atomic mass is 16.4. The zero-order valence-corrected chi connectivity index (χ0v) is 11.1. The van der Waals surface area contributed by atoms with Gasteiger partial charge in [0.05, 0.1) is 18.2 Å². The van der Waals surface area contributed by atoms with Crippen LogP contribution in [0.2, 0.25) is 0 Å². The molecule has 1 unspecified atom stereocenters. The molecule has 0 spiro atoms. The SMILES string of the molecule is CCC1C(=O)NC(=O)CN1Cc1cccc(C(=O)O)c1. The van der Waals surface area contributed by atoms with Crippen LogP contribution in [0, 0.1) is 0 Å². The molecule has 1 atom stereocenters. The molecule has 1 heterocycles. The fraction of sp³-hybridized carbons (Fsp3) is 0.357. The molecule has 1 aliphatic heterocycles. The van der Waals surface area contributed by atoms with E-state index in [9.17, 15) is 14.4 Å². The minimum Gasteiger partial charge on any atom is -0.478 e. The van der Waals surface area contributed by atoms with E-state index >= 15 is 0 Å². The van der Waals surface area contributed by atoms with Crippen LogP contribution in [-0.4, -0.2) is 40.4 Å². The van der Waals surface area contributed by atoms with Crippen LogP contribution >= 0.6 is 0 Å². The molecular formula is C14H16N2O4. The second-order valence-electron chi connectivity index (χ2n) is 4.75. The van der Waals surface area contributed by atoms with Crippen LogP contribution < -0.4 is 5.32 Å². The van der Waals surface area contributed by atoms with Gasteiger partial charge in [0, 0.05) is 6.54 Å². The first-order valence-corrected chi connectivity index (χ1v) is 6.41. The van der Waals surface area contributed by atoms with Crippen LogP contribution in [0.3, 0.4) is 0 Å². The molecule has 2 amide bonds. The maximum absolute atomic E-state index is 11.7. The number of nitrogens with one attached hydrogen (secondary N) is 1. The Morgan fingerprint density at radius 1 is 1.45 bits per heavy atom. The first-order chi connectivity index (χ1) is 9.51. The maximum atomic E-state index is 11.7.